The number of benzene rings is 3. The molecule has 0 saturated heterocycles. The van der Waals surface area contributed by atoms with E-state index in [4.69, 9.17) is 11.6 Å². The van der Waals surface area contributed by atoms with Crippen LogP contribution in [0.15, 0.2) is 107 Å². The van der Waals surface area contributed by atoms with Crippen molar-refractivity contribution >= 4 is 75.4 Å². The van der Waals surface area contributed by atoms with Crippen LogP contribution >= 0.6 is 34.7 Å². The number of nitrogens with one attached hydrogen (secondary N) is 2. The summed E-state index contributed by atoms with van der Waals surface area (Å²) >= 11 is 8.55. The van der Waals surface area contributed by atoms with Crippen LogP contribution in [0.3, 0.4) is 0 Å². The first-order valence-electron chi connectivity index (χ1n) is 14.5. The Labute approximate surface area is 279 Å². The van der Waals surface area contributed by atoms with Crippen molar-refractivity contribution in [1.29, 1.82) is 0 Å². The molecule has 5 rings (SSSR count). The Hall–Kier alpha value is -4.51. The number of Topliss-reactive ketones (excluding diaryl/α,β-unsaturated/α-hetero) is 1. The largest absolute Gasteiger partial charge is 0.354 e. The number of amides is 3. The van der Waals surface area contributed by atoms with Crippen molar-refractivity contribution in [3.05, 3.63) is 129 Å². The second kappa shape index (κ2) is 15.7. The summed E-state index contributed by atoms with van der Waals surface area (Å²) in [6.07, 6.45) is 2.07. The fraction of sp³-hybridized carbons (Fsp3) is 0.171. The van der Waals surface area contributed by atoms with Crippen LogP contribution in [0.25, 0.3) is 0 Å². The van der Waals surface area contributed by atoms with Crippen molar-refractivity contribution in [3.8, 4) is 0 Å². The molecule has 0 saturated carbocycles. The predicted octanol–water partition coefficient (Wildman–Crippen LogP) is 6.45. The lowest BCUT2D eigenvalue weighted by Gasteiger charge is -2.30. The van der Waals surface area contributed by atoms with Gasteiger partial charge in [-0.25, -0.2) is 0 Å². The van der Waals surface area contributed by atoms with Crippen LogP contribution in [0.5, 0.6) is 0 Å². The van der Waals surface area contributed by atoms with E-state index in [1.165, 1.54) is 34.1 Å². The molecule has 1 heterocycles. The molecular formula is C35H30ClN3O5S2. The Morgan fingerprint density at radius 2 is 1.59 bits per heavy atom. The van der Waals surface area contributed by atoms with E-state index in [-0.39, 0.29) is 35.7 Å². The lowest BCUT2D eigenvalue weighted by molar-refractivity contribution is -0.125. The third-order valence-corrected chi connectivity index (χ3v) is 9.37. The Kier molecular flexibility index (Phi) is 11.2. The first-order chi connectivity index (χ1) is 22.4. The third kappa shape index (κ3) is 8.00. The molecule has 8 nitrogen and oxygen atoms in total. The number of alkyl halides is 1. The van der Waals surface area contributed by atoms with Gasteiger partial charge in [0.2, 0.25) is 17.7 Å². The lowest BCUT2D eigenvalue weighted by Crippen LogP contribution is -2.44. The number of anilines is 2. The Bertz CT molecular complexity index is 1760. The number of nitrogens with zero attached hydrogens (tertiary/aromatic N) is 1. The van der Waals surface area contributed by atoms with Gasteiger partial charge in [0.1, 0.15) is 11.9 Å². The highest BCUT2D eigenvalue weighted by Crippen LogP contribution is 2.32. The zero-order chi connectivity index (χ0) is 32.5. The average Bonchev–Trinajstić information content (AvgIpc) is 3.61. The molecule has 1 aliphatic rings. The molecule has 1 aliphatic carbocycles. The first kappa shape index (κ1) is 32.9. The molecular weight excluding hydrogens is 642 g/mol. The Balaban J connectivity index is 1.22. The van der Waals surface area contributed by atoms with E-state index in [0.29, 0.717) is 51.0 Å². The van der Waals surface area contributed by atoms with Crippen molar-refractivity contribution in [3.63, 3.8) is 0 Å². The fourth-order valence-electron chi connectivity index (χ4n) is 4.97. The van der Waals surface area contributed by atoms with Crippen molar-refractivity contribution in [2.75, 3.05) is 28.4 Å². The summed E-state index contributed by atoms with van der Waals surface area (Å²) in [5, 5.41) is 7.63. The monoisotopic (exact) mass is 671 g/mol. The number of hydrogen-bond donors (Lipinski definition) is 2. The summed E-state index contributed by atoms with van der Waals surface area (Å²) in [4.78, 5) is 66.9. The van der Waals surface area contributed by atoms with Gasteiger partial charge in [-0.1, -0.05) is 60.7 Å². The number of ketones is 2. The number of carbonyl (C=O) groups excluding carboxylic acids is 5. The molecule has 46 heavy (non-hydrogen) atoms. The van der Waals surface area contributed by atoms with Gasteiger partial charge in [0, 0.05) is 52.2 Å². The molecule has 0 fully saturated rings. The molecule has 0 spiro atoms. The average molecular weight is 672 g/mol. The standard InChI is InChI=1S/C35H30ClN3O5S2/c36-22-32(42)39(33(29-11-6-19-45-29)35(44)37-18-16-23-7-2-1-3-8-23)25-14-12-24(13-15-25)38-31(41)17-20-46-30-21-28(40)26-9-4-5-10-27(26)34(30)43/h1-15,19,21,33H,16-18,20,22H2,(H,37,44)(H,38,41). The van der Waals surface area contributed by atoms with E-state index in [0.717, 1.165) is 5.56 Å². The number of fused-ring (bicyclic) bond motifs is 1. The van der Waals surface area contributed by atoms with Crippen LogP contribution in [-0.4, -0.2) is 47.5 Å². The summed E-state index contributed by atoms with van der Waals surface area (Å²) in [6, 6.07) is 25.8. The van der Waals surface area contributed by atoms with Crippen LogP contribution in [-0.2, 0) is 20.8 Å². The number of hydrogen-bond acceptors (Lipinski definition) is 7. The second-order valence-corrected chi connectivity index (χ2v) is 12.7. The van der Waals surface area contributed by atoms with Crippen molar-refractivity contribution < 1.29 is 24.0 Å². The zero-order valence-corrected chi connectivity index (χ0v) is 27.0. The van der Waals surface area contributed by atoms with E-state index in [1.54, 1.807) is 54.6 Å². The number of thioether (sulfide) groups is 1. The Morgan fingerprint density at radius 3 is 2.28 bits per heavy atom. The van der Waals surface area contributed by atoms with Gasteiger partial charge in [0.25, 0.3) is 0 Å². The number of carbonyl (C=O) groups is 5. The smallest absolute Gasteiger partial charge is 0.248 e. The summed E-state index contributed by atoms with van der Waals surface area (Å²) in [7, 11) is 0. The minimum Gasteiger partial charge on any atom is -0.354 e. The SMILES string of the molecule is O=C(CCSC1=CC(=O)c2ccccc2C1=O)Nc1ccc(N(C(=O)CCl)C(C(=O)NCCc2ccccc2)c2cccs2)cc1. The molecule has 3 amide bonds. The number of rotatable bonds is 13. The summed E-state index contributed by atoms with van der Waals surface area (Å²) < 4.78 is 0. The van der Waals surface area contributed by atoms with E-state index in [1.807, 2.05) is 41.8 Å². The predicted molar refractivity (Wildman–Crippen MR) is 184 cm³/mol. The molecule has 0 bridgehead atoms. The van der Waals surface area contributed by atoms with Gasteiger partial charge >= 0.3 is 0 Å². The summed E-state index contributed by atoms with van der Waals surface area (Å²) in [5.74, 6) is -1.53. The Morgan fingerprint density at radius 1 is 0.870 bits per heavy atom. The van der Waals surface area contributed by atoms with Gasteiger partial charge in [-0.15, -0.1) is 34.7 Å². The maximum Gasteiger partial charge on any atom is 0.248 e. The van der Waals surface area contributed by atoms with Gasteiger partial charge in [0.15, 0.2) is 11.6 Å². The highest BCUT2D eigenvalue weighted by atomic mass is 35.5. The molecule has 234 valence electrons. The van der Waals surface area contributed by atoms with Crippen molar-refractivity contribution in [2.24, 2.45) is 0 Å². The van der Waals surface area contributed by atoms with Gasteiger partial charge in [-0.2, -0.15) is 0 Å². The molecule has 1 atom stereocenters. The molecule has 11 heteroatoms. The topological polar surface area (TPSA) is 113 Å². The van der Waals surface area contributed by atoms with E-state index < -0.39 is 11.9 Å². The number of thiophene rings is 1. The maximum absolute atomic E-state index is 13.5. The molecule has 2 N–H and O–H groups in total. The summed E-state index contributed by atoms with van der Waals surface area (Å²) in [5.41, 5.74) is 2.78. The molecule has 0 radical (unpaired) electrons. The van der Waals surface area contributed by atoms with Crippen LogP contribution < -0.4 is 15.5 Å². The third-order valence-electron chi connectivity index (χ3n) is 7.20. The first-order valence-corrected chi connectivity index (χ1v) is 16.9. The zero-order valence-electron chi connectivity index (χ0n) is 24.6. The van der Waals surface area contributed by atoms with Crippen molar-refractivity contribution in [2.45, 2.75) is 18.9 Å². The molecule has 1 aromatic heterocycles. The minimum atomic E-state index is -0.935. The van der Waals surface area contributed by atoms with Gasteiger partial charge in [-0.3, -0.25) is 28.9 Å². The van der Waals surface area contributed by atoms with Gasteiger partial charge < -0.3 is 10.6 Å². The normalized spacial score (nSPS) is 12.9. The fourth-order valence-corrected chi connectivity index (χ4v) is 6.85. The van der Waals surface area contributed by atoms with Crippen LogP contribution in [0, 0.1) is 0 Å². The van der Waals surface area contributed by atoms with Gasteiger partial charge in [0.05, 0.1) is 4.91 Å². The van der Waals surface area contributed by atoms with Crippen LogP contribution in [0.2, 0.25) is 0 Å². The van der Waals surface area contributed by atoms with Crippen LogP contribution in [0.4, 0.5) is 11.4 Å². The minimum absolute atomic E-state index is 0.105. The van der Waals surface area contributed by atoms with E-state index in [2.05, 4.69) is 10.6 Å². The summed E-state index contributed by atoms with van der Waals surface area (Å²) in [6.45, 7) is 0.395. The number of allylic oxidation sites excluding steroid dienone is 2. The highest BCUT2D eigenvalue weighted by Gasteiger charge is 2.33. The molecule has 4 aromatic rings. The second-order valence-electron chi connectivity index (χ2n) is 10.3. The lowest BCUT2D eigenvalue weighted by atomic mass is 9.95. The highest BCUT2D eigenvalue weighted by molar-refractivity contribution is 8.04. The maximum atomic E-state index is 13.5. The molecule has 0 aliphatic heterocycles. The molecule has 1 unspecified atom stereocenters. The number of halogens is 1. The van der Waals surface area contributed by atoms with E-state index in [9.17, 15) is 24.0 Å². The van der Waals surface area contributed by atoms with Crippen LogP contribution in [0.1, 0.15) is 43.6 Å². The van der Waals surface area contributed by atoms with E-state index >= 15 is 0 Å². The van der Waals surface area contributed by atoms with Gasteiger partial charge in [-0.05, 0) is 47.7 Å². The molecule has 3 aromatic carbocycles. The quantitative estimate of drug-likeness (QED) is 0.158. The van der Waals surface area contributed by atoms with Crippen molar-refractivity contribution in [1.82, 2.24) is 5.32 Å².